The van der Waals surface area contributed by atoms with Gasteiger partial charge in [-0.2, -0.15) is 0 Å². The molecule has 0 saturated heterocycles. The van der Waals surface area contributed by atoms with Crippen molar-refractivity contribution in [3.05, 3.63) is 59.9 Å². The smallest absolute Gasteiger partial charge is 0.261 e. The highest BCUT2D eigenvalue weighted by Crippen LogP contribution is 2.17. The van der Waals surface area contributed by atoms with Crippen LogP contribution in [0.3, 0.4) is 0 Å². The van der Waals surface area contributed by atoms with E-state index in [1.807, 2.05) is 13.0 Å². The molecule has 0 aliphatic heterocycles. The Morgan fingerprint density at radius 1 is 1.06 bits per heavy atom. The van der Waals surface area contributed by atoms with Crippen molar-refractivity contribution >= 4 is 15.7 Å². The second kappa shape index (κ2) is 4.78. The lowest BCUT2D eigenvalue weighted by atomic mass is 10.2. The van der Waals surface area contributed by atoms with Crippen LogP contribution in [0.4, 0.5) is 10.1 Å². The van der Waals surface area contributed by atoms with Crippen molar-refractivity contribution in [3.8, 4) is 0 Å². The van der Waals surface area contributed by atoms with Crippen molar-refractivity contribution in [2.24, 2.45) is 0 Å². The summed E-state index contributed by atoms with van der Waals surface area (Å²) < 4.78 is 39.2. The molecule has 0 heterocycles. The summed E-state index contributed by atoms with van der Waals surface area (Å²) in [6.45, 7) is 1.87. The average molecular weight is 265 g/mol. The fraction of sp³-hybridized carbons (Fsp3) is 0.0769. The van der Waals surface area contributed by atoms with E-state index >= 15 is 0 Å². The second-order valence-electron chi connectivity index (χ2n) is 3.93. The molecule has 0 bridgehead atoms. The van der Waals surface area contributed by atoms with Crippen LogP contribution in [-0.2, 0) is 10.0 Å². The molecule has 0 fully saturated rings. The third kappa shape index (κ3) is 2.87. The van der Waals surface area contributed by atoms with E-state index in [1.54, 1.807) is 18.2 Å². The summed E-state index contributed by atoms with van der Waals surface area (Å²) in [5, 5.41) is 0. The molecule has 0 aliphatic rings. The first-order valence-electron chi connectivity index (χ1n) is 5.32. The molecule has 94 valence electrons. The minimum atomic E-state index is -3.66. The third-order valence-electron chi connectivity index (χ3n) is 2.39. The van der Waals surface area contributed by atoms with Gasteiger partial charge in [0.1, 0.15) is 5.82 Å². The van der Waals surface area contributed by atoms with E-state index in [9.17, 15) is 12.8 Å². The molecule has 2 rings (SSSR count). The van der Waals surface area contributed by atoms with Gasteiger partial charge in [0.15, 0.2) is 0 Å². The molecule has 0 radical (unpaired) electrons. The first-order chi connectivity index (χ1) is 8.47. The highest BCUT2D eigenvalue weighted by molar-refractivity contribution is 7.92. The van der Waals surface area contributed by atoms with Crippen molar-refractivity contribution in [2.45, 2.75) is 11.8 Å². The zero-order valence-corrected chi connectivity index (χ0v) is 10.5. The molecule has 0 spiro atoms. The molecule has 3 nitrogen and oxygen atoms in total. The van der Waals surface area contributed by atoms with Crippen molar-refractivity contribution in [1.29, 1.82) is 0 Å². The highest BCUT2D eigenvalue weighted by Gasteiger charge is 2.13. The van der Waals surface area contributed by atoms with Gasteiger partial charge < -0.3 is 0 Å². The van der Waals surface area contributed by atoms with Gasteiger partial charge in [0.25, 0.3) is 10.0 Å². The first kappa shape index (κ1) is 12.6. The summed E-state index contributed by atoms with van der Waals surface area (Å²) in [5.41, 5.74) is 1.44. The summed E-state index contributed by atoms with van der Waals surface area (Å²) in [5.74, 6) is -0.468. The summed E-state index contributed by atoms with van der Waals surface area (Å²) >= 11 is 0. The molecule has 0 aromatic heterocycles. The van der Waals surface area contributed by atoms with Gasteiger partial charge in [-0.05, 0) is 48.9 Å². The van der Waals surface area contributed by atoms with E-state index in [0.717, 1.165) is 17.7 Å². The Bertz CT molecular complexity index is 651. The maximum atomic E-state index is 12.7. The lowest BCUT2D eigenvalue weighted by Crippen LogP contribution is -2.12. The molecule has 0 unspecified atom stereocenters. The molecule has 2 aromatic carbocycles. The number of aryl methyl sites for hydroxylation is 1. The van der Waals surface area contributed by atoms with E-state index < -0.39 is 15.8 Å². The number of anilines is 1. The number of hydrogen-bond acceptors (Lipinski definition) is 2. The zero-order valence-electron chi connectivity index (χ0n) is 9.72. The van der Waals surface area contributed by atoms with Crippen LogP contribution < -0.4 is 4.72 Å². The van der Waals surface area contributed by atoms with Crippen LogP contribution in [0.25, 0.3) is 0 Å². The Morgan fingerprint density at radius 3 is 2.33 bits per heavy atom. The maximum Gasteiger partial charge on any atom is 0.261 e. The van der Waals surface area contributed by atoms with E-state index in [-0.39, 0.29) is 4.90 Å². The predicted octanol–water partition coefficient (Wildman–Crippen LogP) is 2.93. The number of hydrogen-bond donors (Lipinski definition) is 1. The van der Waals surface area contributed by atoms with Crippen LogP contribution in [-0.4, -0.2) is 8.42 Å². The highest BCUT2D eigenvalue weighted by atomic mass is 32.2. The van der Waals surface area contributed by atoms with Crippen LogP contribution in [0.1, 0.15) is 5.56 Å². The molecule has 2 aromatic rings. The van der Waals surface area contributed by atoms with E-state index in [0.29, 0.717) is 5.69 Å². The summed E-state index contributed by atoms with van der Waals surface area (Å²) in [6.07, 6.45) is 0. The Balaban J connectivity index is 2.30. The van der Waals surface area contributed by atoms with Gasteiger partial charge in [0, 0.05) is 5.69 Å². The molecule has 0 amide bonds. The number of halogens is 1. The SMILES string of the molecule is Cc1cccc(NS(=O)(=O)c2ccc(F)cc2)c1. The van der Waals surface area contributed by atoms with Crippen LogP contribution in [0, 0.1) is 12.7 Å². The summed E-state index contributed by atoms with van der Waals surface area (Å²) in [6, 6.07) is 11.7. The molecular formula is C13H12FNO2S. The van der Waals surface area contributed by atoms with Gasteiger partial charge in [0.05, 0.1) is 4.90 Å². The minimum absolute atomic E-state index is 0.0328. The summed E-state index contributed by atoms with van der Waals surface area (Å²) in [4.78, 5) is 0.0328. The van der Waals surface area contributed by atoms with Gasteiger partial charge in [0.2, 0.25) is 0 Å². The van der Waals surface area contributed by atoms with Gasteiger partial charge in [-0.3, -0.25) is 4.72 Å². The largest absolute Gasteiger partial charge is 0.280 e. The zero-order chi connectivity index (χ0) is 13.2. The standard InChI is InChI=1S/C13H12FNO2S/c1-10-3-2-4-12(9-10)15-18(16,17)13-7-5-11(14)6-8-13/h2-9,15H,1H3. The van der Waals surface area contributed by atoms with Crippen LogP contribution in [0.15, 0.2) is 53.4 Å². The maximum absolute atomic E-state index is 12.7. The van der Waals surface area contributed by atoms with Gasteiger partial charge in [-0.15, -0.1) is 0 Å². The molecule has 0 saturated carbocycles. The fourth-order valence-electron chi connectivity index (χ4n) is 1.54. The number of sulfonamides is 1. The number of rotatable bonds is 3. The topological polar surface area (TPSA) is 46.2 Å². The van der Waals surface area contributed by atoms with Crippen molar-refractivity contribution in [2.75, 3.05) is 4.72 Å². The quantitative estimate of drug-likeness (QED) is 0.927. The molecule has 1 N–H and O–H groups in total. The number of nitrogens with one attached hydrogen (secondary N) is 1. The van der Waals surface area contributed by atoms with E-state index in [2.05, 4.69) is 4.72 Å². The number of benzene rings is 2. The van der Waals surface area contributed by atoms with Crippen LogP contribution >= 0.6 is 0 Å². The lowest BCUT2D eigenvalue weighted by molar-refractivity contribution is 0.599. The Hall–Kier alpha value is -1.88. The molecular weight excluding hydrogens is 253 g/mol. The minimum Gasteiger partial charge on any atom is -0.280 e. The molecule has 18 heavy (non-hydrogen) atoms. The summed E-state index contributed by atoms with van der Waals surface area (Å²) in [7, 11) is -3.66. The Morgan fingerprint density at radius 2 is 1.72 bits per heavy atom. The van der Waals surface area contributed by atoms with Crippen molar-refractivity contribution < 1.29 is 12.8 Å². The molecule has 0 atom stereocenters. The van der Waals surface area contributed by atoms with Crippen LogP contribution in [0.2, 0.25) is 0 Å². The second-order valence-corrected chi connectivity index (χ2v) is 5.61. The van der Waals surface area contributed by atoms with E-state index in [4.69, 9.17) is 0 Å². The van der Waals surface area contributed by atoms with Crippen molar-refractivity contribution in [3.63, 3.8) is 0 Å². The van der Waals surface area contributed by atoms with E-state index in [1.165, 1.54) is 12.1 Å². The average Bonchev–Trinajstić information content (AvgIpc) is 2.29. The van der Waals surface area contributed by atoms with Crippen LogP contribution in [0.5, 0.6) is 0 Å². The normalized spacial score (nSPS) is 11.2. The Labute approximate surface area is 105 Å². The predicted molar refractivity (Wildman–Crippen MR) is 68.4 cm³/mol. The third-order valence-corrected chi connectivity index (χ3v) is 3.79. The monoisotopic (exact) mass is 265 g/mol. The Kier molecular flexibility index (Phi) is 3.34. The van der Waals surface area contributed by atoms with Crippen molar-refractivity contribution in [1.82, 2.24) is 0 Å². The first-order valence-corrected chi connectivity index (χ1v) is 6.81. The van der Waals surface area contributed by atoms with Gasteiger partial charge in [-0.1, -0.05) is 12.1 Å². The fourth-order valence-corrected chi connectivity index (χ4v) is 2.59. The van der Waals surface area contributed by atoms with Gasteiger partial charge >= 0.3 is 0 Å². The molecule has 5 heteroatoms. The van der Waals surface area contributed by atoms with Gasteiger partial charge in [-0.25, -0.2) is 12.8 Å². The molecule has 0 aliphatic carbocycles. The lowest BCUT2D eigenvalue weighted by Gasteiger charge is -2.08.